The van der Waals surface area contributed by atoms with E-state index in [9.17, 15) is 33.6 Å². The molecule has 462 valence electrons. The lowest BCUT2D eigenvalue weighted by Gasteiger charge is -2.48. The highest BCUT2D eigenvalue weighted by atomic mass is 19.1. The number of amides is 8. The number of imidazole rings is 1. The van der Waals surface area contributed by atoms with Crippen molar-refractivity contribution in [3.8, 4) is 11.3 Å². The van der Waals surface area contributed by atoms with Crippen LogP contribution >= 0.6 is 0 Å². The second-order valence-corrected chi connectivity index (χ2v) is 26.6. The van der Waals surface area contributed by atoms with Gasteiger partial charge in [-0.15, -0.1) is 0 Å². The zero-order valence-corrected chi connectivity index (χ0v) is 51.0. The Balaban J connectivity index is 0.674. The summed E-state index contributed by atoms with van der Waals surface area (Å²) in [6.07, 6.45) is 12.0. The van der Waals surface area contributed by atoms with Gasteiger partial charge in [-0.2, -0.15) is 0 Å². The van der Waals surface area contributed by atoms with Gasteiger partial charge in [0.15, 0.2) is 5.82 Å². The van der Waals surface area contributed by atoms with E-state index in [4.69, 9.17) is 9.97 Å². The number of rotatable bonds is 14. The Hall–Kier alpha value is -8.07. The van der Waals surface area contributed by atoms with Crippen molar-refractivity contribution in [2.24, 2.45) is 11.8 Å². The van der Waals surface area contributed by atoms with Crippen molar-refractivity contribution < 1.29 is 42.7 Å². The van der Waals surface area contributed by atoms with E-state index in [1.54, 1.807) is 31.5 Å². The van der Waals surface area contributed by atoms with Crippen LogP contribution in [0.2, 0.25) is 0 Å². The molecular formula is C67H79FN12O8. The maximum Gasteiger partial charge on any atom is 0.264 e. The second-order valence-electron chi connectivity index (χ2n) is 26.6. The molecule has 8 amide bonds. The quantitative estimate of drug-likeness (QED) is 0.0765. The fourth-order valence-corrected chi connectivity index (χ4v) is 15.4. The van der Waals surface area contributed by atoms with E-state index in [1.165, 1.54) is 31.4 Å². The first-order valence-corrected chi connectivity index (χ1v) is 32.0. The molecule has 8 aliphatic rings. The number of likely N-dealkylation sites (tertiary alicyclic amines) is 3. The molecule has 1 spiro atoms. The summed E-state index contributed by atoms with van der Waals surface area (Å²) in [6, 6.07) is 15.3. The molecule has 4 N–H and O–H groups in total. The lowest BCUT2D eigenvalue weighted by molar-refractivity contribution is -0.137. The maximum absolute atomic E-state index is 16.0. The minimum atomic E-state index is -1.05. The van der Waals surface area contributed by atoms with Crippen LogP contribution in [0.5, 0.6) is 0 Å². The molecule has 88 heavy (non-hydrogen) atoms. The molecule has 6 aliphatic heterocycles. The number of hydrogen-bond donors (Lipinski definition) is 4. The number of imide groups is 2. The van der Waals surface area contributed by atoms with Crippen molar-refractivity contribution in [3.05, 3.63) is 94.6 Å². The molecule has 8 heterocycles. The van der Waals surface area contributed by atoms with E-state index < -0.39 is 40.9 Å². The minimum Gasteiger partial charge on any atom is -0.382 e. The molecule has 4 saturated heterocycles. The molecule has 2 aliphatic carbocycles. The minimum absolute atomic E-state index is 0.00140. The highest BCUT2D eigenvalue weighted by molar-refractivity contribution is 6.25. The molecule has 0 radical (unpaired) electrons. The number of aryl methyl sites for hydroxylation is 1. The Morgan fingerprint density at radius 1 is 0.795 bits per heavy atom. The summed E-state index contributed by atoms with van der Waals surface area (Å²) in [7, 11) is 0. The average molecular weight is 1200 g/mol. The average Bonchev–Trinajstić information content (AvgIpc) is 1.58. The SMILES string of the molecule is Cc1cc(F)c(Nc2nc(-c3ccc4c(c3)N([C@H]3C[C@@H](N5CCCCC5)C3)C(=O)C43CCN(C(=O)C[C@@H]4CCN(C(=O)[C@H]5CC[C@H](Nc6cccc7c6C(=O)N(C6CCC(=O)NC6=O)C7=O)CC5)C4)CC3)cc3ncn(C(C)C)c23)cc1C(=O)NC(C)C. The number of fused-ring (bicyclic) bond motifs is 4. The largest absolute Gasteiger partial charge is 0.382 e. The van der Waals surface area contributed by atoms with E-state index in [2.05, 4.69) is 43.2 Å². The molecule has 1 unspecified atom stereocenters. The summed E-state index contributed by atoms with van der Waals surface area (Å²) >= 11 is 0. The van der Waals surface area contributed by atoms with Crippen LogP contribution in [0.1, 0.15) is 172 Å². The zero-order chi connectivity index (χ0) is 61.4. The zero-order valence-electron chi connectivity index (χ0n) is 51.0. The Kier molecular flexibility index (Phi) is 15.7. The molecule has 21 heteroatoms. The fraction of sp³-hybridized carbons (Fsp3) is 0.522. The van der Waals surface area contributed by atoms with Gasteiger partial charge in [0.05, 0.1) is 39.8 Å². The molecule has 2 aromatic heterocycles. The summed E-state index contributed by atoms with van der Waals surface area (Å²) in [5.41, 5.74) is 5.64. The molecule has 0 bridgehead atoms. The number of benzene rings is 3. The van der Waals surface area contributed by atoms with Crippen LogP contribution in [0.25, 0.3) is 22.3 Å². The van der Waals surface area contributed by atoms with E-state index in [0.717, 1.165) is 54.1 Å². The molecule has 2 saturated carbocycles. The first-order valence-electron chi connectivity index (χ1n) is 32.0. The second kappa shape index (κ2) is 23.5. The number of carbonyl (C=O) groups is 8. The monoisotopic (exact) mass is 1200 g/mol. The summed E-state index contributed by atoms with van der Waals surface area (Å²) in [5, 5.41) is 11.9. The first kappa shape index (κ1) is 58.9. The van der Waals surface area contributed by atoms with Gasteiger partial charge in [0.25, 0.3) is 17.7 Å². The summed E-state index contributed by atoms with van der Waals surface area (Å²) < 4.78 is 18.0. The number of halogens is 1. The lowest BCUT2D eigenvalue weighted by Crippen LogP contribution is -2.58. The van der Waals surface area contributed by atoms with Gasteiger partial charge >= 0.3 is 0 Å². The Morgan fingerprint density at radius 2 is 1.56 bits per heavy atom. The fourth-order valence-electron chi connectivity index (χ4n) is 15.4. The Labute approximate surface area is 511 Å². The van der Waals surface area contributed by atoms with Gasteiger partial charge in [-0.3, -0.25) is 48.6 Å². The summed E-state index contributed by atoms with van der Waals surface area (Å²) in [5.74, 6) is -2.57. The highest BCUT2D eigenvalue weighted by Crippen LogP contribution is 2.53. The summed E-state index contributed by atoms with van der Waals surface area (Å²) in [4.78, 5) is 128. The predicted molar refractivity (Wildman–Crippen MR) is 329 cm³/mol. The van der Waals surface area contributed by atoms with Crippen LogP contribution in [-0.4, -0.2) is 151 Å². The van der Waals surface area contributed by atoms with E-state index in [-0.39, 0.29) is 89.3 Å². The van der Waals surface area contributed by atoms with Crippen molar-refractivity contribution in [1.82, 2.24) is 44.8 Å². The van der Waals surface area contributed by atoms with Crippen LogP contribution in [0.4, 0.5) is 27.3 Å². The van der Waals surface area contributed by atoms with E-state index in [0.29, 0.717) is 117 Å². The van der Waals surface area contributed by atoms with Gasteiger partial charge in [-0.1, -0.05) is 24.6 Å². The number of pyridine rings is 1. The predicted octanol–water partition coefficient (Wildman–Crippen LogP) is 8.54. The number of anilines is 4. The standard InChI is InChI=1S/C67H79FN12O8/c1-37(2)70-61(83)47-33-52(49(68)28-39(47)5)73-60-59-53(69-36-78(59)38(3)4)34-51(72-60)42-14-17-48-55(30-42)79(45-31-44(32-45)75-23-7-6-8-24-75)66(88)67(48)21-26-76(27-22-67)57(82)29-40-20-25-77(35-40)63(85)41-12-15-43(16-13-41)71-50-11-9-10-46-58(50)65(87)80(64(46)86)54-18-19-56(81)74-62(54)84/h9-11,14,17,28,30,33-34,36-38,40-41,43-45,54,71H,6-8,12-13,15-16,18-27,29,31-32,35H2,1-5H3,(H,70,83)(H,72,73)(H,74,81,84)/t40-,41-,43-,44-,45+,54?/m0/s1. The number of nitrogens with zero attached hydrogens (tertiary/aromatic N) is 8. The van der Waals surface area contributed by atoms with Crippen LogP contribution in [0.15, 0.2) is 60.9 Å². The van der Waals surface area contributed by atoms with Crippen molar-refractivity contribution in [3.63, 3.8) is 0 Å². The molecule has 5 aromatic rings. The molecular weight excluding hydrogens is 1120 g/mol. The van der Waals surface area contributed by atoms with Gasteiger partial charge in [0.1, 0.15) is 17.4 Å². The Bertz CT molecular complexity index is 3680. The summed E-state index contributed by atoms with van der Waals surface area (Å²) in [6.45, 7) is 13.7. The van der Waals surface area contributed by atoms with Crippen LogP contribution < -0.4 is 26.2 Å². The Morgan fingerprint density at radius 3 is 2.28 bits per heavy atom. The van der Waals surface area contributed by atoms with Gasteiger partial charge in [-0.25, -0.2) is 14.4 Å². The molecule has 6 fully saturated rings. The number of aromatic nitrogens is 3. The van der Waals surface area contributed by atoms with E-state index in [1.807, 2.05) is 54.2 Å². The van der Waals surface area contributed by atoms with Gasteiger partial charge in [0.2, 0.25) is 29.5 Å². The van der Waals surface area contributed by atoms with Gasteiger partial charge in [0, 0.05) is 97.6 Å². The number of carbonyl (C=O) groups excluding carboxylic acids is 8. The number of hydrogen-bond acceptors (Lipinski definition) is 13. The number of nitrogens with one attached hydrogen (secondary N) is 4. The third-order valence-electron chi connectivity index (χ3n) is 20.3. The first-order chi connectivity index (χ1) is 42.3. The van der Waals surface area contributed by atoms with Crippen LogP contribution in [0, 0.1) is 24.6 Å². The van der Waals surface area contributed by atoms with Crippen molar-refractivity contribution in [2.75, 3.05) is 54.8 Å². The normalized spacial score (nSPS) is 24.6. The van der Waals surface area contributed by atoms with Gasteiger partial charge in [-0.05, 0) is 178 Å². The molecule has 20 nitrogen and oxygen atoms in total. The third kappa shape index (κ3) is 10.7. The molecule has 13 rings (SSSR count). The van der Waals surface area contributed by atoms with E-state index >= 15 is 9.18 Å². The number of piperidine rings is 3. The van der Waals surface area contributed by atoms with Crippen molar-refractivity contribution >= 4 is 81.2 Å². The van der Waals surface area contributed by atoms with Crippen molar-refractivity contribution in [1.29, 1.82) is 0 Å². The van der Waals surface area contributed by atoms with Crippen LogP contribution in [0.3, 0.4) is 0 Å². The molecule has 3 aromatic carbocycles. The van der Waals surface area contributed by atoms with Crippen LogP contribution in [-0.2, 0) is 29.4 Å². The van der Waals surface area contributed by atoms with Crippen molar-refractivity contribution in [2.45, 2.75) is 173 Å². The smallest absolute Gasteiger partial charge is 0.264 e. The molecule has 2 atom stereocenters. The maximum atomic E-state index is 16.0. The third-order valence-corrected chi connectivity index (χ3v) is 20.3. The van der Waals surface area contributed by atoms with Gasteiger partial charge < -0.3 is 40.1 Å². The topological polar surface area (TPSA) is 232 Å². The lowest BCUT2D eigenvalue weighted by atomic mass is 9.73. The highest BCUT2D eigenvalue weighted by Gasteiger charge is 2.56.